The van der Waals surface area contributed by atoms with Gasteiger partial charge in [-0.2, -0.15) is 0 Å². The molecule has 1 aromatic heterocycles. The van der Waals surface area contributed by atoms with Gasteiger partial charge in [-0.3, -0.25) is 4.79 Å². The molecule has 0 aliphatic rings. The molecular weight excluding hydrogens is 216 g/mol. The molecule has 0 saturated heterocycles. The molecule has 0 amide bonds. The van der Waals surface area contributed by atoms with E-state index in [1.54, 1.807) is 25.1 Å². The topological polar surface area (TPSA) is 66.0 Å². The van der Waals surface area contributed by atoms with Gasteiger partial charge in [-0.1, -0.05) is 11.6 Å². The van der Waals surface area contributed by atoms with Gasteiger partial charge in [0, 0.05) is 5.02 Å². The van der Waals surface area contributed by atoms with Crippen molar-refractivity contribution in [3.63, 3.8) is 0 Å². The molecule has 2 N–H and O–H groups in total. The molecule has 15 heavy (non-hydrogen) atoms. The van der Waals surface area contributed by atoms with Gasteiger partial charge < -0.3 is 10.1 Å². The average molecular weight is 225 g/mol. The lowest BCUT2D eigenvalue weighted by atomic mass is 10.2. The van der Waals surface area contributed by atoms with E-state index >= 15 is 0 Å². The Kier molecular flexibility index (Phi) is 2.46. The molecule has 2 aromatic rings. The minimum Gasteiger partial charge on any atom is -0.385 e. The van der Waals surface area contributed by atoms with E-state index < -0.39 is 6.10 Å². The first-order chi connectivity index (χ1) is 7.08. The summed E-state index contributed by atoms with van der Waals surface area (Å²) >= 11 is 5.76. The Labute approximate surface area is 90.5 Å². The number of hydrogen-bond acceptors (Lipinski definition) is 3. The van der Waals surface area contributed by atoms with Gasteiger partial charge in [0.25, 0.3) is 5.56 Å². The fourth-order valence-electron chi connectivity index (χ4n) is 1.33. The number of halogens is 1. The Bertz CT molecular complexity index is 563. The summed E-state index contributed by atoms with van der Waals surface area (Å²) in [4.78, 5) is 18.2. The molecule has 0 unspecified atom stereocenters. The molecular formula is C10H9ClN2O2. The van der Waals surface area contributed by atoms with E-state index in [-0.39, 0.29) is 11.4 Å². The molecule has 78 valence electrons. The van der Waals surface area contributed by atoms with Crippen molar-refractivity contribution in [3.8, 4) is 0 Å². The number of aliphatic hydroxyl groups excluding tert-OH is 1. The van der Waals surface area contributed by atoms with Crippen LogP contribution in [0.3, 0.4) is 0 Å². The lowest BCUT2D eigenvalue weighted by Gasteiger charge is -2.04. The quantitative estimate of drug-likeness (QED) is 0.774. The number of benzene rings is 1. The summed E-state index contributed by atoms with van der Waals surface area (Å²) in [7, 11) is 0. The Morgan fingerprint density at radius 2 is 2.27 bits per heavy atom. The van der Waals surface area contributed by atoms with Gasteiger partial charge in [-0.15, -0.1) is 0 Å². The van der Waals surface area contributed by atoms with E-state index in [1.165, 1.54) is 0 Å². The Balaban J connectivity index is 2.79. The Morgan fingerprint density at radius 3 is 2.93 bits per heavy atom. The smallest absolute Gasteiger partial charge is 0.258 e. The second kappa shape index (κ2) is 3.64. The summed E-state index contributed by atoms with van der Waals surface area (Å²) < 4.78 is 0. The van der Waals surface area contributed by atoms with Crippen LogP contribution in [0.25, 0.3) is 10.9 Å². The molecule has 0 fully saturated rings. The fourth-order valence-corrected chi connectivity index (χ4v) is 1.50. The molecule has 5 heteroatoms. The second-order valence-electron chi connectivity index (χ2n) is 3.29. The van der Waals surface area contributed by atoms with Gasteiger partial charge in [0.15, 0.2) is 0 Å². The summed E-state index contributed by atoms with van der Waals surface area (Å²) in [6.45, 7) is 1.54. The lowest BCUT2D eigenvalue weighted by molar-refractivity contribution is 0.189. The normalized spacial score (nSPS) is 13.0. The van der Waals surface area contributed by atoms with Crippen LogP contribution in [0.5, 0.6) is 0 Å². The minimum atomic E-state index is -0.794. The van der Waals surface area contributed by atoms with E-state index in [2.05, 4.69) is 9.97 Å². The van der Waals surface area contributed by atoms with Gasteiger partial charge in [-0.25, -0.2) is 4.98 Å². The highest BCUT2D eigenvalue weighted by atomic mass is 35.5. The summed E-state index contributed by atoms with van der Waals surface area (Å²) in [5.74, 6) is 0.259. The monoisotopic (exact) mass is 224 g/mol. The second-order valence-corrected chi connectivity index (χ2v) is 3.73. The SMILES string of the molecule is C[C@H](O)c1nc2ccc(Cl)cc2c(=O)[nH]1. The number of aliphatic hydroxyl groups is 1. The maximum Gasteiger partial charge on any atom is 0.258 e. The van der Waals surface area contributed by atoms with Crippen molar-refractivity contribution in [1.29, 1.82) is 0 Å². The number of aromatic amines is 1. The van der Waals surface area contributed by atoms with Gasteiger partial charge in [0.05, 0.1) is 10.9 Å². The van der Waals surface area contributed by atoms with Crippen LogP contribution in [0.4, 0.5) is 0 Å². The molecule has 4 nitrogen and oxygen atoms in total. The Hall–Kier alpha value is -1.39. The maximum absolute atomic E-state index is 11.6. The van der Waals surface area contributed by atoms with Crippen LogP contribution in [0.1, 0.15) is 18.9 Å². The van der Waals surface area contributed by atoms with Gasteiger partial charge in [0.2, 0.25) is 0 Å². The Morgan fingerprint density at radius 1 is 1.53 bits per heavy atom. The molecule has 0 aliphatic carbocycles. The van der Waals surface area contributed by atoms with Crippen molar-refractivity contribution in [3.05, 3.63) is 39.4 Å². The summed E-state index contributed by atoms with van der Waals surface area (Å²) in [5, 5.41) is 10.2. The third kappa shape index (κ3) is 1.86. The number of aromatic nitrogens is 2. The van der Waals surface area contributed by atoms with E-state index in [9.17, 15) is 9.90 Å². The zero-order valence-electron chi connectivity index (χ0n) is 7.99. The number of rotatable bonds is 1. The number of nitrogens with one attached hydrogen (secondary N) is 1. The van der Waals surface area contributed by atoms with Crippen LogP contribution in [0, 0.1) is 0 Å². The number of H-pyrrole nitrogens is 1. The van der Waals surface area contributed by atoms with Gasteiger partial charge >= 0.3 is 0 Å². The van der Waals surface area contributed by atoms with Crippen molar-refractivity contribution in [2.75, 3.05) is 0 Å². The zero-order valence-corrected chi connectivity index (χ0v) is 8.75. The molecule has 0 radical (unpaired) electrons. The van der Waals surface area contributed by atoms with Crippen molar-refractivity contribution in [2.45, 2.75) is 13.0 Å². The van der Waals surface area contributed by atoms with Crippen molar-refractivity contribution in [2.24, 2.45) is 0 Å². The summed E-state index contributed by atoms with van der Waals surface area (Å²) in [6.07, 6.45) is -0.794. The predicted octanol–water partition coefficient (Wildman–Crippen LogP) is 1.63. The van der Waals surface area contributed by atoms with E-state index in [0.717, 1.165) is 0 Å². The largest absolute Gasteiger partial charge is 0.385 e. The highest BCUT2D eigenvalue weighted by molar-refractivity contribution is 6.31. The van der Waals surface area contributed by atoms with Crippen LogP contribution in [0.15, 0.2) is 23.0 Å². The van der Waals surface area contributed by atoms with Gasteiger partial charge in [0.1, 0.15) is 11.9 Å². The molecule has 0 spiro atoms. The molecule has 2 rings (SSSR count). The molecule has 0 aliphatic heterocycles. The standard InChI is InChI=1S/C10H9ClN2O2/c1-5(14)9-12-8-3-2-6(11)4-7(8)10(15)13-9/h2-5,14H,1H3,(H,12,13,15)/t5-/m0/s1. The first-order valence-electron chi connectivity index (χ1n) is 4.45. The lowest BCUT2D eigenvalue weighted by Crippen LogP contribution is -2.13. The summed E-state index contributed by atoms with van der Waals surface area (Å²) in [6, 6.07) is 4.86. The number of nitrogens with zero attached hydrogens (tertiary/aromatic N) is 1. The first-order valence-corrected chi connectivity index (χ1v) is 4.83. The van der Waals surface area contributed by atoms with Crippen LogP contribution in [-0.4, -0.2) is 15.1 Å². The van der Waals surface area contributed by atoms with Crippen molar-refractivity contribution >= 4 is 22.5 Å². The maximum atomic E-state index is 11.6. The van der Waals surface area contributed by atoms with E-state index in [0.29, 0.717) is 15.9 Å². The van der Waals surface area contributed by atoms with Crippen LogP contribution >= 0.6 is 11.6 Å². The molecule has 1 heterocycles. The van der Waals surface area contributed by atoms with Crippen LogP contribution in [-0.2, 0) is 0 Å². The fraction of sp³-hybridized carbons (Fsp3) is 0.200. The zero-order chi connectivity index (χ0) is 11.0. The molecule has 0 bridgehead atoms. The van der Waals surface area contributed by atoms with Gasteiger partial charge in [-0.05, 0) is 25.1 Å². The molecule has 0 saturated carbocycles. The number of hydrogen-bond donors (Lipinski definition) is 2. The molecule has 1 aromatic carbocycles. The van der Waals surface area contributed by atoms with Crippen molar-refractivity contribution in [1.82, 2.24) is 9.97 Å². The highest BCUT2D eigenvalue weighted by Gasteiger charge is 2.07. The van der Waals surface area contributed by atoms with Crippen molar-refractivity contribution < 1.29 is 5.11 Å². The number of fused-ring (bicyclic) bond motifs is 1. The van der Waals surface area contributed by atoms with E-state index in [4.69, 9.17) is 11.6 Å². The third-order valence-corrected chi connectivity index (χ3v) is 2.32. The highest BCUT2D eigenvalue weighted by Crippen LogP contribution is 2.15. The van der Waals surface area contributed by atoms with Crippen LogP contribution < -0.4 is 5.56 Å². The third-order valence-electron chi connectivity index (χ3n) is 2.08. The summed E-state index contributed by atoms with van der Waals surface area (Å²) in [5.41, 5.74) is 0.234. The predicted molar refractivity (Wildman–Crippen MR) is 58.0 cm³/mol. The average Bonchev–Trinajstić information content (AvgIpc) is 2.18. The minimum absolute atomic E-state index is 0.259. The van der Waals surface area contributed by atoms with E-state index in [1.807, 2.05) is 0 Å². The molecule has 1 atom stereocenters. The first kappa shape index (κ1) is 10.1. The van der Waals surface area contributed by atoms with Crippen LogP contribution in [0.2, 0.25) is 5.02 Å².